The Morgan fingerprint density at radius 2 is 2.15 bits per heavy atom. The molecule has 0 saturated heterocycles. The first-order valence-corrected chi connectivity index (χ1v) is 5.09. The highest BCUT2D eigenvalue weighted by Gasteiger charge is 2.12. The maximum atomic E-state index is 11.5. The van der Waals surface area contributed by atoms with Crippen LogP contribution < -0.4 is 0 Å². The quantitative estimate of drug-likeness (QED) is 0.482. The summed E-state index contributed by atoms with van der Waals surface area (Å²) in [4.78, 5) is 12.1. The molecular formula is C9H8Cl2OS. The van der Waals surface area contributed by atoms with Crippen LogP contribution in [0.2, 0.25) is 5.02 Å². The molecule has 0 aliphatic heterocycles. The van der Waals surface area contributed by atoms with E-state index in [-0.39, 0.29) is 5.78 Å². The van der Waals surface area contributed by atoms with Crippen LogP contribution in [0.15, 0.2) is 23.1 Å². The summed E-state index contributed by atoms with van der Waals surface area (Å²) in [7, 11) is 0. The molecule has 4 heteroatoms. The molecule has 0 radical (unpaired) electrons. The third-order valence-corrected chi connectivity index (χ3v) is 2.47. The Bertz CT molecular complexity index is 305. The van der Waals surface area contributed by atoms with Gasteiger partial charge in [0.05, 0.1) is 5.02 Å². The van der Waals surface area contributed by atoms with E-state index >= 15 is 0 Å². The molecule has 0 unspecified atom stereocenters. The summed E-state index contributed by atoms with van der Waals surface area (Å²) in [6.45, 7) is 0. The van der Waals surface area contributed by atoms with Crippen LogP contribution in [0.1, 0.15) is 16.8 Å². The predicted octanol–water partition coefficient (Wildman–Crippen LogP) is 3.44. The van der Waals surface area contributed by atoms with E-state index in [9.17, 15) is 4.79 Å². The lowest BCUT2D eigenvalue weighted by Crippen LogP contribution is -2.01. The van der Waals surface area contributed by atoms with E-state index in [2.05, 4.69) is 12.6 Å². The van der Waals surface area contributed by atoms with Crippen molar-refractivity contribution in [2.24, 2.45) is 0 Å². The highest BCUT2D eigenvalue weighted by Crippen LogP contribution is 2.24. The van der Waals surface area contributed by atoms with E-state index in [1.807, 2.05) is 0 Å². The summed E-state index contributed by atoms with van der Waals surface area (Å²) < 4.78 is 0. The zero-order chi connectivity index (χ0) is 9.84. The van der Waals surface area contributed by atoms with E-state index in [1.165, 1.54) is 0 Å². The van der Waals surface area contributed by atoms with Crippen LogP contribution in [0.5, 0.6) is 0 Å². The van der Waals surface area contributed by atoms with Crippen molar-refractivity contribution in [3.05, 3.63) is 28.8 Å². The molecule has 1 aromatic carbocycles. The number of carbonyl (C=O) groups is 1. The zero-order valence-corrected chi connectivity index (χ0v) is 9.16. The maximum absolute atomic E-state index is 11.5. The number of rotatable bonds is 3. The van der Waals surface area contributed by atoms with Gasteiger partial charge in [0.2, 0.25) is 0 Å². The number of ketones is 1. The number of hydrogen-bond donors (Lipinski definition) is 1. The molecule has 1 rings (SSSR count). The van der Waals surface area contributed by atoms with Crippen LogP contribution in [-0.2, 0) is 0 Å². The highest BCUT2D eigenvalue weighted by atomic mass is 35.5. The fourth-order valence-electron chi connectivity index (χ4n) is 1.000. The molecule has 0 fully saturated rings. The smallest absolute Gasteiger partial charge is 0.166 e. The molecule has 0 bridgehead atoms. The van der Waals surface area contributed by atoms with Crippen LogP contribution in [-0.4, -0.2) is 11.7 Å². The molecular weight excluding hydrogens is 227 g/mol. The summed E-state index contributed by atoms with van der Waals surface area (Å²) in [5.74, 6) is 0.239. The molecule has 0 heterocycles. The van der Waals surface area contributed by atoms with Gasteiger partial charge >= 0.3 is 0 Å². The summed E-state index contributed by atoms with van der Waals surface area (Å²) in [5, 5.41) is 0.433. The SMILES string of the molecule is O=C(CCCl)c1c(S)cccc1Cl. The first kappa shape index (κ1) is 10.9. The lowest BCUT2D eigenvalue weighted by atomic mass is 10.1. The third-order valence-electron chi connectivity index (χ3n) is 1.59. The Hall–Kier alpha value is -0.180. The average Bonchev–Trinajstić information content (AvgIpc) is 2.04. The number of halogens is 2. The predicted molar refractivity (Wildman–Crippen MR) is 58.4 cm³/mol. The second kappa shape index (κ2) is 4.89. The van der Waals surface area contributed by atoms with Crippen molar-refractivity contribution in [3.63, 3.8) is 0 Å². The second-order valence-electron chi connectivity index (χ2n) is 2.50. The Balaban J connectivity index is 3.05. The molecule has 0 aliphatic rings. The number of benzene rings is 1. The lowest BCUT2D eigenvalue weighted by Gasteiger charge is -2.04. The van der Waals surface area contributed by atoms with Crippen LogP contribution in [0.25, 0.3) is 0 Å². The molecule has 0 amide bonds. The van der Waals surface area contributed by atoms with Gasteiger partial charge in [0.25, 0.3) is 0 Å². The van der Waals surface area contributed by atoms with E-state index in [0.29, 0.717) is 27.8 Å². The minimum Gasteiger partial charge on any atom is -0.294 e. The van der Waals surface area contributed by atoms with E-state index < -0.39 is 0 Å². The van der Waals surface area contributed by atoms with Gasteiger partial charge in [-0.2, -0.15) is 0 Å². The van der Waals surface area contributed by atoms with Gasteiger partial charge in [0.15, 0.2) is 5.78 Å². The summed E-state index contributed by atoms with van der Waals surface area (Å²) in [5.41, 5.74) is 0.466. The first-order chi connectivity index (χ1) is 6.16. The molecule has 70 valence electrons. The van der Waals surface area contributed by atoms with Crippen molar-refractivity contribution >= 4 is 41.6 Å². The number of alkyl halides is 1. The number of hydrogen-bond acceptors (Lipinski definition) is 2. The minimum absolute atomic E-state index is 0.0643. The maximum Gasteiger partial charge on any atom is 0.166 e. The molecule has 13 heavy (non-hydrogen) atoms. The second-order valence-corrected chi connectivity index (χ2v) is 3.76. The Morgan fingerprint density at radius 1 is 1.46 bits per heavy atom. The largest absolute Gasteiger partial charge is 0.294 e. The van der Waals surface area contributed by atoms with E-state index in [0.717, 1.165) is 0 Å². The van der Waals surface area contributed by atoms with Crippen LogP contribution in [0.3, 0.4) is 0 Å². The molecule has 0 aliphatic carbocycles. The van der Waals surface area contributed by atoms with Gasteiger partial charge < -0.3 is 0 Å². The molecule has 0 spiro atoms. The minimum atomic E-state index is -0.0643. The number of Topliss-reactive ketones (excluding diaryl/α,β-unsaturated/α-hetero) is 1. The standard InChI is InChI=1S/C9H8Cl2OS/c10-5-4-7(12)9-6(11)2-1-3-8(9)13/h1-3,13H,4-5H2. The van der Waals surface area contributed by atoms with Gasteiger partial charge in [-0.25, -0.2) is 0 Å². The van der Waals surface area contributed by atoms with E-state index in [1.54, 1.807) is 18.2 Å². The van der Waals surface area contributed by atoms with Crippen molar-refractivity contribution < 1.29 is 4.79 Å². The monoisotopic (exact) mass is 234 g/mol. The Labute approximate surface area is 92.4 Å². The van der Waals surface area contributed by atoms with E-state index in [4.69, 9.17) is 23.2 Å². The molecule has 0 saturated carbocycles. The lowest BCUT2D eigenvalue weighted by molar-refractivity contribution is 0.0986. The molecule has 1 aromatic rings. The van der Waals surface area contributed by atoms with Gasteiger partial charge in [-0.05, 0) is 12.1 Å². The van der Waals surface area contributed by atoms with Crippen LogP contribution in [0, 0.1) is 0 Å². The zero-order valence-electron chi connectivity index (χ0n) is 6.76. The van der Waals surface area contributed by atoms with Gasteiger partial charge in [0, 0.05) is 22.8 Å². The highest BCUT2D eigenvalue weighted by molar-refractivity contribution is 7.80. The summed E-state index contributed by atoms with van der Waals surface area (Å²) >= 11 is 15.5. The third kappa shape index (κ3) is 2.63. The van der Waals surface area contributed by atoms with Gasteiger partial charge in [-0.1, -0.05) is 17.7 Å². The molecule has 1 nitrogen and oxygen atoms in total. The van der Waals surface area contributed by atoms with Crippen molar-refractivity contribution in [2.75, 3.05) is 5.88 Å². The first-order valence-electron chi connectivity index (χ1n) is 3.73. The van der Waals surface area contributed by atoms with Crippen molar-refractivity contribution in [3.8, 4) is 0 Å². The number of carbonyl (C=O) groups excluding carboxylic acids is 1. The van der Waals surface area contributed by atoms with Gasteiger partial charge in [-0.3, -0.25) is 4.79 Å². The molecule has 0 atom stereocenters. The molecule has 0 N–H and O–H groups in total. The normalized spacial score (nSPS) is 10.1. The number of thiol groups is 1. The summed E-state index contributed by atoms with van der Waals surface area (Å²) in [6, 6.07) is 5.15. The summed E-state index contributed by atoms with van der Waals surface area (Å²) in [6.07, 6.45) is 0.291. The van der Waals surface area contributed by atoms with Crippen molar-refractivity contribution in [1.29, 1.82) is 0 Å². The van der Waals surface area contributed by atoms with Crippen molar-refractivity contribution in [2.45, 2.75) is 11.3 Å². The average molecular weight is 235 g/mol. The fourth-order valence-corrected chi connectivity index (χ4v) is 1.85. The van der Waals surface area contributed by atoms with Crippen molar-refractivity contribution in [1.82, 2.24) is 0 Å². The topological polar surface area (TPSA) is 17.1 Å². The Morgan fingerprint density at radius 3 is 2.69 bits per heavy atom. The van der Waals surface area contributed by atoms with Crippen LogP contribution in [0.4, 0.5) is 0 Å². The molecule has 0 aromatic heterocycles. The van der Waals surface area contributed by atoms with Gasteiger partial charge in [-0.15, -0.1) is 24.2 Å². The fraction of sp³-hybridized carbons (Fsp3) is 0.222. The van der Waals surface area contributed by atoms with Crippen LogP contribution >= 0.6 is 35.8 Å². The van der Waals surface area contributed by atoms with Gasteiger partial charge in [0.1, 0.15) is 0 Å². The Kier molecular flexibility index (Phi) is 4.10.